The second kappa shape index (κ2) is 9.80. The van der Waals surface area contributed by atoms with Crippen LogP contribution >= 0.6 is 23.4 Å². The first-order valence-electron chi connectivity index (χ1n) is 9.04. The van der Waals surface area contributed by atoms with E-state index in [-0.39, 0.29) is 15.5 Å². The van der Waals surface area contributed by atoms with Crippen LogP contribution < -0.4 is 0 Å². The molecule has 0 bridgehead atoms. The molecule has 0 aromatic heterocycles. The molecule has 0 fully saturated rings. The van der Waals surface area contributed by atoms with Crippen LogP contribution in [0.4, 0.5) is 0 Å². The summed E-state index contributed by atoms with van der Waals surface area (Å²) < 4.78 is 32.2. The number of benzene rings is 1. The molecule has 0 spiro atoms. The Morgan fingerprint density at radius 2 is 1.86 bits per heavy atom. The lowest BCUT2D eigenvalue weighted by Gasteiger charge is -2.29. The van der Waals surface area contributed by atoms with E-state index in [4.69, 9.17) is 16.3 Å². The summed E-state index contributed by atoms with van der Waals surface area (Å²) in [6.45, 7) is 4.17. The highest BCUT2D eigenvalue weighted by Crippen LogP contribution is 2.40. The van der Waals surface area contributed by atoms with Crippen LogP contribution in [0.5, 0.6) is 0 Å². The van der Waals surface area contributed by atoms with Crippen molar-refractivity contribution in [3.63, 3.8) is 0 Å². The summed E-state index contributed by atoms with van der Waals surface area (Å²) in [5.74, 6) is -0.474. The van der Waals surface area contributed by atoms with Gasteiger partial charge in [-0.2, -0.15) is 4.31 Å². The standard InChI is InChI=1S/C19H26ClNO6S2/c1-19(2,3)27-18(24)14-6-4-13(5-7-14)10-21(15(11-22)12-23)29(25,26)17-9-8-16(20)28-17/h4-7,9,15-16,22-23H,8,10-12H2,1-3H3. The summed E-state index contributed by atoms with van der Waals surface area (Å²) in [4.78, 5) is 12.1. The van der Waals surface area contributed by atoms with Crippen LogP contribution in [0.1, 0.15) is 43.1 Å². The van der Waals surface area contributed by atoms with Gasteiger partial charge < -0.3 is 14.9 Å². The summed E-state index contributed by atoms with van der Waals surface area (Å²) in [7, 11) is -3.94. The molecule has 0 aliphatic carbocycles. The van der Waals surface area contributed by atoms with Crippen LogP contribution in [0.2, 0.25) is 0 Å². The summed E-state index contributed by atoms with van der Waals surface area (Å²) in [6, 6.07) is 5.35. The molecule has 7 nitrogen and oxygen atoms in total. The minimum atomic E-state index is -3.94. The number of allylic oxidation sites excluding steroid dienone is 1. The van der Waals surface area contributed by atoms with Gasteiger partial charge in [0.15, 0.2) is 0 Å². The lowest BCUT2D eigenvalue weighted by atomic mass is 10.1. The van der Waals surface area contributed by atoms with Crippen molar-refractivity contribution in [2.45, 2.75) is 50.1 Å². The van der Waals surface area contributed by atoms with Crippen LogP contribution in [-0.4, -0.2) is 58.5 Å². The van der Waals surface area contributed by atoms with Gasteiger partial charge in [-0.1, -0.05) is 30.0 Å². The molecule has 1 aromatic rings. The maximum atomic E-state index is 13.1. The first-order valence-corrected chi connectivity index (χ1v) is 11.8. The van der Waals surface area contributed by atoms with E-state index in [2.05, 4.69) is 0 Å². The van der Waals surface area contributed by atoms with E-state index < -0.39 is 40.8 Å². The SMILES string of the molecule is CC(C)(C)OC(=O)c1ccc(CN(C(CO)CO)S(=O)(=O)C2=CCC(Cl)S2)cc1. The number of alkyl halides is 1. The first kappa shape index (κ1) is 24.2. The van der Waals surface area contributed by atoms with Gasteiger partial charge in [-0.3, -0.25) is 0 Å². The number of sulfonamides is 1. The maximum Gasteiger partial charge on any atom is 0.338 e. The molecule has 162 valence electrons. The summed E-state index contributed by atoms with van der Waals surface area (Å²) in [5, 5.41) is 19.2. The van der Waals surface area contributed by atoms with Crippen LogP contribution in [0.25, 0.3) is 0 Å². The Bertz CT molecular complexity index is 844. The zero-order chi connectivity index (χ0) is 21.8. The van der Waals surface area contributed by atoms with Gasteiger partial charge in [0.25, 0.3) is 0 Å². The third kappa shape index (κ3) is 6.44. The van der Waals surface area contributed by atoms with Crippen molar-refractivity contribution in [2.24, 2.45) is 0 Å². The molecule has 1 aliphatic rings. The van der Waals surface area contributed by atoms with Gasteiger partial charge in [-0.25, -0.2) is 13.2 Å². The smallest absolute Gasteiger partial charge is 0.338 e. The molecule has 0 saturated heterocycles. The molecule has 0 radical (unpaired) electrons. The molecule has 1 atom stereocenters. The van der Waals surface area contributed by atoms with Crippen LogP contribution in [-0.2, 0) is 21.3 Å². The number of aliphatic hydroxyl groups excluding tert-OH is 2. The van der Waals surface area contributed by atoms with Gasteiger partial charge in [0.2, 0.25) is 10.0 Å². The van der Waals surface area contributed by atoms with Crippen LogP contribution in [0.3, 0.4) is 0 Å². The average molecular weight is 464 g/mol. The number of nitrogens with zero attached hydrogens (tertiary/aromatic N) is 1. The largest absolute Gasteiger partial charge is 0.456 e. The lowest BCUT2D eigenvalue weighted by Crippen LogP contribution is -2.44. The molecule has 1 aliphatic heterocycles. The number of halogens is 1. The Balaban J connectivity index is 2.25. The fraction of sp³-hybridized carbons (Fsp3) is 0.526. The number of thioether (sulfide) groups is 1. The van der Waals surface area contributed by atoms with Crippen molar-refractivity contribution in [3.05, 3.63) is 45.7 Å². The number of rotatable bonds is 8. The number of esters is 1. The number of hydrogen-bond donors (Lipinski definition) is 2. The van der Waals surface area contributed by atoms with Gasteiger partial charge in [0.05, 0.1) is 29.5 Å². The van der Waals surface area contributed by atoms with Gasteiger partial charge in [-0.05, 0) is 44.9 Å². The zero-order valence-corrected chi connectivity index (χ0v) is 18.9. The second-order valence-electron chi connectivity index (χ2n) is 7.55. The van der Waals surface area contributed by atoms with E-state index in [1.165, 1.54) is 0 Å². The summed E-state index contributed by atoms with van der Waals surface area (Å²) >= 11 is 7.04. The van der Waals surface area contributed by atoms with Crippen molar-refractivity contribution in [1.82, 2.24) is 4.31 Å². The van der Waals surface area contributed by atoms with Gasteiger partial charge in [-0.15, -0.1) is 11.6 Å². The molecule has 2 N–H and O–H groups in total. The highest BCUT2D eigenvalue weighted by molar-refractivity contribution is 8.19. The minimum Gasteiger partial charge on any atom is -0.456 e. The Morgan fingerprint density at radius 3 is 2.31 bits per heavy atom. The molecule has 0 saturated carbocycles. The topological polar surface area (TPSA) is 104 Å². The fourth-order valence-electron chi connectivity index (χ4n) is 2.61. The summed E-state index contributed by atoms with van der Waals surface area (Å²) in [5.41, 5.74) is 0.320. The number of aliphatic hydroxyl groups is 2. The van der Waals surface area contributed by atoms with Gasteiger partial charge in [0, 0.05) is 6.54 Å². The molecule has 1 aromatic carbocycles. The third-order valence-electron chi connectivity index (χ3n) is 4.03. The summed E-state index contributed by atoms with van der Waals surface area (Å²) in [6.07, 6.45) is 1.96. The van der Waals surface area contributed by atoms with E-state index in [0.29, 0.717) is 17.5 Å². The van der Waals surface area contributed by atoms with Gasteiger partial charge >= 0.3 is 5.97 Å². The Morgan fingerprint density at radius 1 is 1.28 bits per heavy atom. The van der Waals surface area contributed by atoms with Crippen molar-refractivity contribution in [2.75, 3.05) is 13.2 Å². The van der Waals surface area contributed by atoms with E-state index >= 15 is 0 Å². The average Bonchev–Trinajstić information content (AvgIpc) is 3.08. The van der Waals surface area contributed by atoms with E-state index in [1.54, 1.807) is 51.1 Å². The maximum absolute atomic E-state index is 13.1. The van der Waals surface area contributed by atoms with Crippen molar-refractivity contribution >= 4 is 39.4 Å². The molecular formula is C19H26ClNO6S2. The van der Waals surface area contributed by atoms with E-state index in [9.17, 15) is 23.4 Å². The van der Waals surface area contributed by atoms with Crippen LogP contribution in [0, 0.1) is 0 Å². The minimum absolute atomic E-state index is 0.0758. The monoisotopic (exact) mass is 463 g/mol. The zero-order valence-electron chi connectivity index (χ0n) is 16.5. The quantitative estimate of drug-likeness (QED) is 0.451. The molecule has 10 heteroatoms. The number of ether oxygens (including phenoxy) is 1. The second-order valence-corrected chi connectivity index (χ2v) is 11.7. The van der Waals surface area contributed by atoms with Crippen LogP contribution in [0.15, 0.2) is 34.6 Å². The Kier molecular flexibility index (Phi) is 8.17. The van der Waals surface area contributed by atoms with Crippen molar-refractivity contribution in [1.29, 1.82) is 0 Å². The van der Waals surface area contributed by atoms with Crippen molar-refractivity contribution in [3.8, 4) is 0 Å². The predicted octanol–water partition coefficient (Wildman–Crippen LogP) is 2.67. The molecule has 1 heterocycles. The molecule has 2 rings (SSSR count). The lowest BCUT2D eigenvalue weighted by molar-refractivity contribution is 0.00694. The molecule has 0 amide bonds. The van der Waals surface area contributed by atoms with E-state index in [0.717, 1.165) is 16.1 Å². The number of hydrogen-bond acceptors (Lipinski definition) is 7. The normalized spacial score (nSPS) is 17.7. The first-order chi connectivity index (χ1) is 13.5. The number of carbonyl (C=O) groups is 1. The van der Waals surface area contributed by atoms with E-state index in [1.807, 2.05) is 0 Å². The number of carbonyl (C=O) groups excluding carboxylic acids is 1. The predicted molar refractivity (Wildman–Crippen MR) is 114 cm³/mol. The highest BCUT2D eigenvalue weighted by atomic mass is 35.5. The molecular weight excluding hydrogens is 438 g/mol. The van der Waals surface area contributed by atoms with Gasteiger partial charge in [0.1, 0.15) is 9.84 Å². The molecule has 1 unspecified atom stereocenters. The van der Waals surface area contributed by atoms with Crippen molar-refractivity contribution < 1.29 is 28.2 Å². The Labute approximate surface area is 180 Å². The molecule has 29 heavy (non-hydrogen) atoms. The highest BCUT2D eigenvalue weighted by Gasteiger charge is 2.36. The third-order valence-corrected chi connectivity index (χ3v) is 7.97. The Hall–Kier alpha value is -1.10. The fourth-order valence-corrected chi connectivity index (χ4v) is 6.28.